The molecule has 0 spiro atoms. The Morgan fingerprint density at radius 3 is 2.42 bits per heavy atom. The van der Waals surface area contributed by atoms with Crippen LogP contribution in [0.15, 0.2) is 63.3 Å². The molecule has 1 amide bonds. The summed E-state index contributed by atoms with van der Waals surface area (Å²) in [4.78, 5) is 28.0. The molecule has 0 aliphatic carbocycles. The van der Waals surface area contributed by atoms with Gasteiger partial charge in [-0.15, -0.1) is 0 Å². The number of para-hydroxylation sites is 1. The Labute approximate surface area is 181 Å². The van der Waals surface area contributed by atoms with Crippen molar-refractivity contribution in [3.05, 3.63) is 86.6 Å². The number of benzene rings is 2. The summed E-state index contributed by atoms with van der Waals surface area (Å²) in [5.41, 5.74) is -1.05. The van der Waals surface area contributed by atoms with Crippen LogP contribution in [0.5, 0.6) is 5.75 Å². The number of nitrogens with zero attached hydrogens (tertiary/aromatic N) is 3. The molecule has 162 valence electrons. The van der Waals surface area contributed by atoms with E-state index in [4.69, 9.17) is 16.3 Å². The maximum absolute atomic E-state index is 14.7. The van der Waals surface area contributed by atoms with Gasteiger partial charge in [0.25, 0.3) is 10.0 Å². The van der Waals surface area contributed by atoms with Gasteiger partial charge in [0.1, 0.15) is 5.75 Å². The van der Waals surface area contributed by atoms with Crippen molar-refractivity contribution in [2.45, 2.75) is 18.7 Å². The number of carbonyl (C=O) groups is 1. The van der Waals surface area contributed by atoms with Crippen LogP contribution in [0.1, 0.15) is 11.1 Å². The minimum absolute atomic E-state index is 0.170. The highest BCUT2D eigenvalue weighted by molar-refractivity contribution is 7.90. The van der Waals surface area contributed by atoms with Crippen LogP contribution >= 0.6 is 11.6 Å². The highest BCUT2D eigenvalue weighted by Crippen LogP contribution is 2.24. The lowest BCUT2D eigenvalue weighted by molar-refractivity contribution is 0.209. The minimum atomic E-state index is -4.45. The van der Waals surface area contributed by atoms with Gasteiger partial charge in [-0.3, -0.25) is 4.57 Å². The van der Waals surface area contributed by atoms with Crippen LogP contribution in [-0.2, 0) is 17.1 Å². The van der Waals surface area contributed by atoms with Crippen molar-refractivity contribution in [2.24, 2.45) is 12.0 Å². The lowest BCUT2D eigenvalue weighted by Crippen LogP contribution is -2.43. The molecule has 0 fully saturated rings. The molecule has 0 atom stereocenters. The summed E-state index contributed by atoms with van der Waals surface area (Å²) in [5, 5.41) is 0.353. The quantitative estimate of drug-likeness (QED) is 0.592. The molecule has 0 N–H and O–H groups in total. The first-order chi connectivity index (χ1) is 14.5. The Bertz CT molecular complexity index is 1410. The maximum Gasteiger partial charge on any atom is 0.441 e. The number of ether oxygens (including phenoxy) is 1. The molecule has 1 heterocycles. The molecule has 3 aromatic rings. The first-order valence-corrected chi connectivity index (χ1v) is 10.7. The summed E-state index contributed by atoms with van der Waals surface area (Å²) < 4.78 is 46.6. The standard InChI is InChI=1S/C20H17ClFN3O5S/c1-12-10-17(13(2)9-15(12)21)31(28,29)25-11-16(22)18(24(3)20(25)27)23-19(26)30-14-7-5-4-6-8-14/h4-11H,1-3H3/b23-18+. The van der Waals surface area contributed by atoms with Crippen LogP contribution in [0.2, 0.25) is 5.02 Å². The molecule has 0 unspecified atom stereocenters. The van der Waals surface area contributed by atoms with Crippen molar-refractivity contribution in [1.82, 2.24) is 8.54 Å². The molecule has 1 aromatic heterocycles. The van der Waals surface area contributed by atoms with E-state index in [2.05, 4.69) is 4.99 Å². The van der Waals surface area contributed by atoms with Crippen LogP contribution in [0.4, 0.5) is 9.18 Å². The third-order valence-electron chi connectivity index (χ3n) is 4.38. The van der Waals surface area contributed by atoms with Crippen molar-refractivity contribution in [3.63, 3.8) is 0 Å². The number of rotatable bonds is 3. The normalized spacial score (nSPS) is 12.1. The summed E-state index contributed by atoms with van der Waals surface area (Å²) in [6, 6.07) is 10.7. The third-order valence-corrected chi connectivity index (χ3v) is 6.56. The van der Waals surface area contributed by atoms with Crippen LogP contribution < -0.4 is 15.9 Å². The fourth-order valence-electron chi connectivity index (χ4n) is 2.75. The first kappa shape index (κ1) is 22.4. The second-order valence-electron chi connectivity index (χ2n) is 6.60. The lowest BCUT2D eigenvalue weighted by atomic mass is 10.2. The van der Waals surface area contributed by atoms with E-state index in [1.165, 1.54) is 31.2 Å². The molecule has 11 heteroatoms. The average molecular weight is 466 g/mol. The second kappa shape index (κ2) is 8.48. The summed E-state index contributed by atoms with van der Waals surface area (Å²) in [6.45, 7) is 3.10. The third kappa shape index (κ3) is 4.44. The summed E-state index contributed by atoms with van der Waals surface area (Å²) in [6.07, 6.45) is -0.708. The van der Waals surface area contributed by atoms with Crippen LogP contribution in [0, 0.1) is 19.7 Å². The van der Waals surface area contributed by atoms with Crippen molar-refractivity contribution < 1.29 is 22.3 Å². The highest BCUT2D eigenvalue weighted by atomic mass is 35.5. The van der Waals surface area contributed by atoms with Crippen molar-refractivity contribution in [2.75, 3.05) is 0 Å². The zero-order chi connectivity index (χ0) is 22.9. The van der Waals surface area contributed by atoms with E-state index >= 15 is 0 Å². The van der Waals surface area contributed by atoms with Gasteiger partial charge in [0.15, 0.2) is 11.3 Å². The largest absolute Gasteiger partial charge is 0.441 e. The minimum Gasteiger partial charge on any atom is -0.409 e. The Morgan fingerprint density at radius 1 is 1.13 bits per heavy atom. The SMILES string of the molecule is Cc1cc(S(=O)(=O)n2cc(F)/c(=N\C(=O)Oc3ccccc3)n(C)c2=O)c(C)cc1Cl. The van der Waals surface area contributed by atoms with Crippen molar-refractivity contribution in [1.29, 1.82) is 0 Å². The number of hydrogen-bond donors (Lipinski definition) is 0. The fourth-order valence-corrected chi connectivity index (χ4v) is 4.53. The topological polar surface area (TPSA) is 99.7 Å². The smallest absolute Gasteiger partial charge is 0.409 e. The van der Waals surface area contributed by atoms with Gasteiger partial charge in [-0.2, -0.15) is 8.96 Å². The Morgan fingerprint density at radius 2 is 1.77 bits per heavy atom. The molecule has 0 bridgehead atoms. The molecule has 2 aromatic carbocycles. The van der Waals surface area contributed by atoms with Gasteiger partial charge in [0.2, 0.25) is 0 Å². The first-order valence-electron chi connectivity index (χ1n) is 8.84. The van der Waals surface area contributed by atoms with Crippen LogP contribution in [0.3, 0.4) is 0 Å². The van der Waals surface area contributed by atoms with Gasteiger partial charge in [0, 0.05) is 12.1 Å². The lowest BCUT2D eigenvalue weighted by Gasteiger charge is -2.13. The van der Waals surface area contributed by atoms with Gasteiger partial charge in [-0.25, -0.2) is 22.4 Å². The zero-order valence-corrected chi connectivity index (χ0v) is 18.2. The van der Waals surface area contributed by atoms with Crippen molar-refractivity contribution in [3.8, 4) is 5.75 Å². The summed E-state index contributed by atoms with van der Waals surface area (Å²) >= 11 is 6.01. The number of aromatic nitrogens is 2. The molecular weight excluding hydrogens is 449 g/mol. The number of aryl methyl sites for hydroxylation is 2. The molecule has 0 radical (unpaired) electrons. The molecule has 0 aliphatic rings. The number of carbonyl (C=O) groups excluding carboxylic acids is 1. The molecular formula is C20H17ClFN3O5S. The predicted octanol–water partition coefficient (Wildman–Crippen LogP) is 2.93. The monoisotopic (exact) mass is 465 g/mol. The molecule has 3 rings (SSSR count). The van der Waals surface area contributed by atoms with E-state index < -0.39 is 33.1 Å². The van der Waals surface area contributed by atoms with Gasteiger partial charge in [-0.1, -0.05) is 29.8 Å². The van der Waals surface area contributed by atoms with E-state index in [9.17, 15) is 22.4 Å². The van der Waals surface area contributed by atoms with Crippen LogP contribution in [0.25, 0.3) is 0 Å². The second-order valence-corrected chi connectivity index (χ2v) is 8.79. The Balaban J connectivity index is 2.11. The fraction of sp³-hybridized carbons (Fsp3) is 0.150. The molecule has 0 saturated carbocycles. The van der Waals surface area contributed by atoms with Gasteiger partial charge < -0.3 is 4.74 Å². The number of halogens is 2. The van der Waals surface area contributed by atoms with E-state index in [-0.39, 0.29) is 20.2 Å². The molecule has 0 aliphatic heterocycles. The molecule has 31 heavy (non-hydrogen) atoms. The Hall–Kier alpha value is -3.24. The number of amides is 1. The van der Waals surface area contributed by atoms with Gasteiger partial charge >= 0.3 is 11.8 Å². The van der Waals surface area contributed by atoms with Gasteiger partial charge in [-0.05, 0) is 49.2 Å². The Kier molecular flexibility index (Phi) is 6.14. The van der Waals surface area contributed by atoms with E-state index in [1.807, 2.05) is 0 Å². The van der Waals surface area contributed by atoms with E-state index in [0.29, 0.717) is 21.4 Å². The van der Waals surface area contributed by atoms with Gasteiger partial charge in [0.05, 0.1) is 11.1 Å². The molecule has 8 nitrogen and oxygen atoms in total. The number of hydrogen-bond acceptors (Lipinski definition) is 5. The van der Waals surface area contributed by atoms with E-state index in [1.54, 1.807) is 25.1 Å². The molecule has 0 saturated heterocycles. The van der Waals surface area contributed by atoms with Crippen LogP contribution in [-0.4, -0.2) is 23.1 Å². The zero-order valence-electron chi connectivity index (χ0n) is 16.7. The highest BCUT2D eigenvalue weighted by Gasteiger charge is 2.24. The van der Waals surface area contributed by atoms with E-state index in [0.717, 1.165) is 7.05 Å². The maximum atomic E-state index is 14.7. The predicted molar refractivity (Wildman–Crippen MR) is 111 cm³/mol. The summed E-state index contributed by atoms with van der Waals surface area (Å²) in [7, 11) is -3.36. The average Bonchev–Trinajstić information content (AvgIpc) is 2.71. The summed E-state index contributed by atoms with van der Waals surface area (Å²) in [5.74, 6) is -1.04. The van der Waals surface area contributed by atoms with Crippen molar-refractivity contribution >= 4 is 27.7 Å².